The van der Waals surface area contributed by atoms with Gasteiger partial charge in [-0.1, -0.05) is 30.3 Å². The number of hydrogen-bond donors (Lipinski definition) is 3. The zero-order valence-electron chi connectivity index (χ0n) is 22.1. The molecule has 40 heavy (non-hydrogen) atoms. The number of hydrogen-bond acceptors (Lipinski definition) is 8. The maximum atomic E-state index is 14.7. The van der Waals surface area contributed by atoms with Crippen molar-refractivity contribution in [3.8, 4) is 11.4 Å². The first-order valence-corrected chi connectivity index (χ1v) is 14.2. The predicted molar refractivity (Wildman–Crippen MR) is 147 cm³/mol. The van der Waals surface area contributed by atoms with E-state index in [0.717, 1.165) is 46.3 Å². The van der Waals surface area contributed by atoms with E-state index in [1.165, 1.54) is 0 Å². The molecule has 3 N–H and O–H groups in total. The second kappa shape index (κ2) is 9.27. The summed E-state index contributed by atoms with van der Waals surface area (Å²) in [5.41, 5.74) is 2.35. The molecule has 2 aliphatic heterocycles. The summed E-state index contributed by atoms with van der Waals surface area (Å²) in [7, 11) is 0. The minimum atomic E-state index is -2.46. The number of pyridine rings is 2. The van der Waals surface area contributed by atoms with Crippen LogP contribution < -0.4 is 10.9 Å². The molecule has 0 fully saturated rings. The van der Waals surface area contributed by atoms with Gasteiger partial charge in [-0.2, -0.15) is 0 Å². The lowest BCUT2D eigenvalue weighted by Gasteiger charge is -2.31. The maximum Gasteiger partial charge on any atom is 0.349 e. The number of thioether (sulfide) groups is 1. The Balaban J connectivity index is 1.58. The SMILES string of the molecule is CC[C@]1(O)Sc2cc3n(c(=O)c2COC1=O)Cc1c-3nc2cc(Cl)c(C)c3c2c1[C@@H](NC(=O)C(C)(F)CO)CC3. The first-order chi connectivity index (χ1) is 18.9. The van der Waals surface area contributed by atoms with Crippen LogP contribution in [-0.4, -0.2) is 48.8 Å². The number of carbonyl (C=O) groups excluding carboxylic acids is 2. The van der Waals surface area contributed by atoms with E-state index >= 15 is 0 Å². The van der Waals surface area contributed by atoms with Crippen molar-refractivity contribution < 1.29 is 28.9 Å². The van der Waals surface area contributed by atoms with Crippen LogP contribution in [0.1, 0.15) is 60.5 Å². The van der Waals surface area contributed by atoms with Crippen LogP contribution in [-0.2, 0) is 33.9 Å². The van der Waals surface area contributed by atoms with Gasteiger partial charge in [-0.15, -0.1) is 0 Å². The lowest BCUT2D eigenvalue weighted by atomic mass is 9.81. The highest BCUT2D eigenvalue weighted by Gasteiger charge is 2.43. The summed E-state index contributed by atoms with van der Waals surface area (Å²) in [6.07, 6.45) is 1.12. The van der Waals surface area contributed by atoms with Crippen molar-refractivity contribution in [2.45, 2.75) is 74.7 Å². The molecule has 6 rings (SSSR count). The molecule has 3 aromatic rings. The second-order valence-corrected chi connectivity index (χ2v) is 12.4. The van der Waals surface area contributed by atoms with E-state index < -0.39 is 35.1 Å². The summed E-state index contributed by atoms with van der Waals surface area (Å²) < 4.78 is 21.5. The molecule has 0 saturated heterocycles. The van der Waals surface area contributed by atoms with Crippen molar-refractivity contribution in [2.75, 3.05) is 6.61 Å². The number of esters is 1. The molecule has 3 aliphatic rings. The number of nitrogens with one attached hydrogen (secondary N) is 1. The van der Waals surface area contributed by atoms with Crippen LogP contribution in [0.3, 0.4) is 0 Å². The number of halogens is 2. The molecule has 0 radical (unpaired) electrons. The first-order valence-electron chi connectivity index (χ1n) is 13.0. The molecule has 0 bridgehead atoms. The number of aryl methyl sites for hydroxylation is 1. The van der Waals surface area contributed by atoms with Gasteiger partial charge in [0.1, 0.15) is 6.61 Å². The zero-order chi connectivity index (χ0) is 28.7. The summed E-state index contributed by atoms with van der Waals surface area (Å²) in [4.78, 5) is 42.5. The first kappa shape index (κ1) is 27.2. The van der Waals surface area contributed by atoms with Crippen LogP contribution in [0.25, 0.3) is 22.3 Å². The summed E-state index contributed by atoms with van der Waals surface area (Å²) in [5, 5.41) is 24.5. The number of fused-ring (bicyclic) bond motifs is 5. The molecule has 1 amide bonds. The lowest BCUT2D eigenvalue weighted by molar-refractivity contribution is -0.157. The van der Waals surface area contributed by atoms with E-state index in [-0.39, 0.29) is 30.7 Å². The molecule has 1 aliphatic carbocycles. The Hall–Kier alpha value is -2.99. The average molecular weight is 588 g/mol. The van der Waals surface area contributed by atoms with Gasteiger partial charge in [-0.25, -0.2) is 14.2 Å². The average Bonchev–Trinajstić information content (AvgIpc) is 3.23. The number of benzene rings is 1. The molecule has 1 unspecified atom stereocenters. The lowest BCUT2D eigenvalue weighted by Crippen LogP contribution is -2.46. The third kappa shape index (κ3) is 3.89. The third-order valence-corrected chi connectivity index (χ3v) is 9.96. The van der Waals surface area contributed by atoms with E-state index in [1.54, 1.807) is 23.6 Å². The van der Waals surface area contributed by atoms with Crippen molar-refractivity contribution in [1.82, 2.24) is 14.9 Å². The Morgan fingerprint density at radius 2 is 2.10 bits per heavy atom. The number of cyclic esters (lactones) is 1. The van der Waals surface area contributed by atoms with Gasteiger partial charge in [0.15, 0.2) is 0 Å². The number of alkyl halides is 1. The molecule has 12 heteroatoms. The Labute approximate surface area is 237 Å². The standard InChI is InChI=1S/C28H27ClFN3O6S/c1-4-28(38)26(37)39-10-15-20(40-28)8-19-23-14(9-33(19)24(15)35)22-17(32-25(36)27(3,30)11-34)6-5-13-12(2)16(29)7-18(31-23)21(13)22/h7-8,17,34,38H,4-6,9-11H2,1-3H3,(H,32,36)/t17-,27?,28-/m0/s1. The second-order valence-electron chi connectivity index (χ2n) is 10.7. The highest BCUT2D eigenvalue weighted by Crippen LogP contribution is 2.47. The third-order valence-electron chi connectivity index (χ3n) is 8.19. The number of rotatable bonds is 4. The predicted octanol–water partition coefficient (Wildman–Crippen LogP) is 3.46. The number of nitrogens with zero attached hydrogens (tertiary/aromatic N) is 2. The van der Waals surface area contributed by atoms with Gasteiger partial charge in [-0.3, -0.25) is 9.59 Å². The Bertz CT molecular complexity index is 1710. The van der Waals surface area contributed by atoms with Crippen molar-refractivity contribution in [3.63, 3.8) is 0 Å². The minimum Gasteiger partial charge on any atom is -0.458 e. The van der Waals surface area contributed by atoms with Crippen molar-refractivity contribution in [2.24, 2.45) is 0 Å². The summed E-state index contributed by atoms with van der Waals surface area (Å²) >= 11 is 7.46. The Morgan fingerprint density at radius 1 is 1.35 bits per heavy atom. The molecular weight excluding hydrogens is 561 g/mol. The van der Waals surface area contributed by atoms with Gasteiger partial charge in [-0.05, 0) is 61.9 Å². The van der Waals surface area contributed by atoms with Gasteiger partial charge < -0.3 is 24.8 Å². The van der Waals surface area contributed by atoms with Crippen molar-refractivity contribution in [1.29, 1.82) is 0 Å². The largest absolute Gasteiger partial charge is 0.458 e. The van der Waals surface area contributed by atoms with E-state index in [2.05, 4.69) is 5.32 Å². The van der Waals surface area contributed by atoms with Crippen LogP contribution in [0.5, 0.6) is 0 Å². The smallest absolute Gasteiger partial charge is 0.349 e. The van der Waals surface area contributed by atoms with Gasteiger partial charge in [0.25, 0.3) is 11.5 Å². The molecule has 2 aromatic heterocycles. The van der Waals surface area contributed by atoms with Crippen LogP contribution in [0.4, 0.5) is 4.39 Å². The molecule has 1 aromatic carbocycles. The molecule has 0 spiro atoms. The fourth-order valence-electron chi connectivity index (χ4n) is 5.76. The highest BCUT2D eigenvalue weighted by molar-refractivity contribution is 8.01. The number of aromatic nitrogens is 2. The van der Waals surface area contributed by atoms with Crippen LogP contribution in [0.2, 0.25) is 5.02 Å². The molecule has 9 nitrogen and oxygen atoms in total. The topological polar surface area (TPSA) is 131 Å². The van der Waals surface area contributed by atoms with Crippen LogP contribution in [0.15, 0.2) is 21.8 Å². The number of amides is 1. The summed E-state index contributed by atoms with van der Waals surface area (Å²) in [6.45, 7) is 3.52. The van der Waals surface area contributed by atoms with Gasteiger partial charge in [0, 0.05) is 20.9 Å². The maximum absolute atomic E-state index is 14.7. The summed E-state index contributed by atoms with van der Waals surface area (Å²) in [6, 6.07) is 2.89. The van der Waals surface area contributed by atoms with Crippen LogP contribution in [0, 0.1) is 6.92 Å². The fourth-order valence-corrected chi connectivity index (χ4v) is 7.07. The van der Waals surface area contributed by atoms with Crippen molar-refractivity contribution >= 4 is 46.1 Å². The molecule has 0 saturated carbocycles. The van der Waals surface area contributed by atoms with Crippen LogP contribution >= 0.6 is 23.4 Å². The highest BCUT2D eigenvalue weighted by atomic mass is 35.5. The van der Waals surface area contributed by atoms with Gasteiger partial charge in [0.2, 0.25) is 10.6 Å². The molecular formula is C28H27ClFN3O6S. The number of carbonyl (C=O) groups is 2. The summed E-state index contributed by atoms with van der Waals surface area (Å²) in [5.74, 6) is -1.72. The number of aliphatic hydroxyl groups is 2. The minimum absolute atomic E-state index is 0.0846. The Kier molecular flexibility index (Phi) is 6.30. The van der Waals surface area contributed by atoms with Gasteiger partial charge >= 0.3 is 5.97 Å². The van der Waals surface area contributed by atoms with E-state index in [9.17, 15) is 29.0 Å². The number of aliphatic hydroxyl groups excluding tert-OH is 1. The Morgan fingerprint density at radius 3 is 2.80 bits per heavy atom. The number of ether oxygens (including phenoxy) is 1. The normalized spacial score (nSPS) is 22.6. The zero-order valence-corrected chi connectivity index (χ0v) is 23.6. The monoisotopic (exact) mass is 587 g/mol. The van der Waals surface area contributed by atoms with Gasteiger partial charge in [0.05, 0.1) is 41.7 Å². The molecule has 210 valence electrons. The van der Waals surface area contributed by atoms with E-state index in [4.69, 9.17) is 21.3 Å². The quantitative estimate of drug-likeness (QED) is 0.310. The van der Waals surface area contributed by atoms with E-state index in [0.29, 0.717) is 39.7 Å². The van der Waals surface area contributed by atoms with E-state index in [1.807, 2.05) is 6.92 Å². The molecule has 4 heterocycles. The van der Waals surface area contributed by atoms with Crippen molar-refractivity contribution in [3.05, 3.63) is 55.3 Å². The fraction of sp³-hybridized carbons (Fsp3) is 0.429. The molecule has 3 atom stereocenters.